The van der Waals surface area contributed by atoms with E-state index in [0.717, 1.165) is 17.7 Å². The van der Waals surface area contributed by atoms with Crippen molar-refractivity contribution >= 4 is 17.8 Å². The van der Waals surface area contributed by atoms with Gasteiger partial charge in [-0.3, -0.25) is 4.79 Å². The maximum Gasteiger partial charge on any atom is 0.270 e. The van der Waals surface area contributed by atoms with Gasteiger partial charge in [0.2, 0.25) is 6.10 Å². The number of hydrogen-bond donors (Lipinski definition) is 0. The molecule has 0 bridgehead atoms. The van der Waals surface area contributed by atoms with E-state index in [0.29, 0.717) is 18.1 Å². The summed E-state index contributed by atoms with van der Waals surface area (Å²) in [5.41, 5.74) is 2.93. The molecular formula is C22H26N2O4. The van der Waals surface area contributed by atoms with Gasteiger partial charge in [-0.1, -0.05) is 23.4 Å². The second-order valence-electron chi connectivity index (χ2n) is 6.72. The Kier molecular flexibility index (Phi) is 6.19. The van der Waals surface area contributed by atoms with Crippen LogP contribution < -0.4 is 14.4 Å². The van der Waals surface area contributed by atoms with Crippen molar-refractivity contribution in [3.8, 4) is 11.5 Å². The highest BCUT2D eigenvalue weighted by Crippen LogP contribution is 2.32. The van der Waals surface area contributed by atoms with E-state index in [4.69, 9.17) is 14.3 Å². The zero-order valence-electron chi connectivity index (χ0n) is 16.7. The summed E-state index contributed by atoms with van der Waals surface area (Å²) in [6.45, 7) is 6.23. The van der Waals surface area contributed by atoms with Crippen LogP contribution in [0.4, 0.5) is 5.69 Å². The van der Waals surface area contributed by atoms with E-state index in [9.17, 15) is 4.79 Å². The van der Waals surface area contributed by atoms with Gasteiger partial charge in [-0.2, -0.15) is 0 Å². The first-order valence-corrected chi connectivity index (χ1v) is 9.46. The van der Waals surface area contributed by atoms with Crippen molar-refractivity contribution in [1.29, 1.82) is 0 Å². The first kappa shape index (κ1) is 19.7. The predicted octanol–water partition coefficient (Wildman–Crippen LogP) is 3.81. The number of nitrogens with zero attached hydrogens (tertiary/aromatic N) is 2. The van der Waals surface area contributed by atoms with Crippen molar-refractivity contribution in [3.05, 3.63) is 53.6 Å². The van der Waals surface area contributed by atoms with Crippen LogP contribution in [0, 0.1) is 0 Å². The van der Waals surface area contributed by atoms with Crippen LogP contribution in [-0.4, -0.2) is 38.0 Å². The van der Waals surface area contributed by atoms with Crippen LogP contribution in [0.1, 0.15) is 31.9 Å². The molecule has 3 rings (SSSR count). The predicted molar refractivity (Wildman–Crippen MR) is 109 cm³/mol. The van der Waals surface area contributed by atoms with Crippen LogP contribution in [-0.2, 0) is 16.1 Å². The van der Waals surface area contributed by atoms with Crippen molar-refractivity contribution in [2.45, 2.75) is 39.3 Å². The number of carbonyl (C=O) groups is 1. The number of ether oxygens (including phenoxy) is 2. The quantitative estimate of drug-likeness (QED) is 0.540. The fourth-order valence-electron chi connectivity index (χ4n) is 3.36. The molecule has 2 aromatic rings. The van der Waals surface area contributed by atoms with Crippen LogP contribution in [0.5, 0.6) is 11.5 Å². The molecule has 0 aromatic heterocycles. The molecule has 0 aliphatic carbocycles. The number of hydrogen-bond acceptors (Lipinski definition) is 5. The molecule has 2 unspecified atom stereocenters. The van der Waals surface area contributed by atoms with E-state index in [-0.39, 0.29) is 11.9 Å². The monoisotopic (exact) mass is 382 g/mol. The third-order valence-electron chi connectivity index (χ3n) is 4.70. The maximum absolute atomic E-state index is 12.9. The Morgan fingerprint density at radius 3 is 2.82 bits per heavy atom. The molecule has 1 aliphatic rings. The summed E-state index contributed by atoms with van der Waals surface area (Å²) in [5, 5.41) is 4.00. The summed E-state index contributed by atoms with van der Waals surface area (Å²) in [7, 11) is 1.59. The molecule has 6 heteroatoms. The lowest BCUT2D eigenvalue weighted by molar-refractivity contribution is -0.129. The first-order valence-electron chi connectivity index (χ1n) is 9.46. The fraction of sp³-hybridized carbons (Fsp3) is 0.364. The topological polar surface area (TPSA) is 60.4 Å². The Morgan fingerprint density at radius 2 is 2.07 bits per heavy atom. The molecule has 0 fully saturated rings. The number of oxime groups is 1. The van der Waals surface area contributed by atoms with Crippen molar-refractivity contribution in [1.82, 2.24) is 0 Å². The van der Waals surface area contributed by atoms with Crippen molar-refractivity contribution in [2.24, 2.45) is 5.16 Å². The van der Waals surface area contributed by atoms with E-state index in [1.54, 1.807) is 25.1 Å². The Hall–Kier alpha value is -3.02. The van der Waals surface area contributed by atoms with Crippen molar-refractivity contribution in [2.75, 3.05) is 18.6 Å². The van der Waals surface area contributed by atoms with E-state index >= 15 is 0 Å². The normalized spacial score (nSPS) is 16.7. The van der Waals surface area contributed by atoms with E-state index in [1.165, 1.54) is 5.56 Å². The molecule has 1 amide bonds. The molecule has 2 aromatic carbocycles. The number of anilines is 1. The minimum Gasteiger partial charge on any atom is -0.493 e. The van der Waals surface area contributed by atoms with Crippen LogP contribution in [0.25, 0.3) is 0 Å². The summed E-state index contributed by atoms with van der Waals surface area (Å²) < 4.78 is 10.8. The van der Waals surface area contributed by atoms with E-state index < -0.39 is 6.10 Å². The zero-order chi connectivity index (χ0) is 20.1. The molecule has 1 aliphatic heterocycles. The lowest BCUT2D eigenvalue weighted by Gasteiger charge is -2.24. The van der Waals surface area contributed by atoms with Gasteiger partial charge in [-0.05, 0) is 57.0 Å². The van der Waals surface area contributed by atoms with Gasteiger partial charge in [0.15, 0.2) is 11.5 Å². The third-order valence-corrected chi connectivity index (χ3v) is 4.70. The maximum atomic E-state index is 12.9. The highest BCUT2D eigenvalue weighted by molar-refractivity contribution is 5.98. The standard InChI is InChI=1S/C22H26N2O4/c1-5-27-20-11-10-17(13-21(20)26-4)14-23-28-16(3)22(25)24-15(2)12-18-8-6-7-9-19(18)24/h6-11,13-16H,5,12H2,1-4H3/b23-14+. The Bertz CT molecular complexity index is 865. The van der Waals surface area contributed by atoms with Gasteiger partial charge in [0.25, 0.3) is 5.91 Å². The average molecular weight is 382 g/mol. The molecule has 1 heterocycles. The Balaban J connectivity index is 1.65. The molecule has 0 spiro atoms. The average Bonchev–Trinajstić information content (AvgIpc) is 3.04. The highest BCUT2D eigenvalue weighted by atomic mass is 16.6. The summed E-state index contributed by atoms with van der Waals surface area (Å²) in [5.74, 6) is 1.20. The van der Waals surface area contributed by atoms with Crippen LogP contribution >= 0.6 is 0 Å². The first-order chi connectivity index (χ1) is 13.5. The molecule has 0 N–H and O–H groups in total. The van der Waals surface area contributed by atoms with Gasteiger partial charge in [0.05, 0.1) is 19.9 Å². The number of para-hydroxylation sites is 1. The SMILES string of the molecule is CCOc1ccc(/C=N/OC(C)C(=O)N2c3ccccc3CC2C)cc1OC. The number of amides is 1. The number of benzene rings is 2. The number of fused-ring (bicyclic) bond motifs is 1. The summed E-state index contributed by atoms with van der Waals surface area (Å²) in [4.78, 5) is 20.1. The van der Waals surface area contributed by atoms with Crippen molar-refractivity contribution < 1.29 is 19.1 Å². The lowest BCUT2D eigenvalue weighted by Crippen LogP contribution is -2.42. The summed E-state index contributed by atoms with van der Waals surface area (Å²) in [6, 6.07) is 13.6. The van der Waals surface area contributed by atoms with Crippen LogP contribution in [0.3, 0.4) is 0 Å². The van der Waals surface area contributed by atoms with Gasteiger partial charge in [0, 0.05) is 17.3 Å². The molecular weight excluding hydrogens is 356 g/mol. The molecule has 0 saturated heterocycles. The van der Waals surface area contributed by atoms with Gasteiger partial charge in [-0.25, -0.2) is 0 Å². The van der Waals surface area contributed by atoms with E-state index in [2.05, 4.69) is 11.2 Å². The second-order valence-corrected chi connectivity index (χ2v) is 6.72. The number of rotatable bonds is 7. The van der Waals surface area contributed by atoms with Crippen LogP contribution in [0.15, 0.2) is 47.6 Å². The number of carbonyl (C=O) groups excluding carboxylic acids is 1. The summed E-state index contributed by atoms with van der Waals surface area (Å²) >= 11 is 0. The number of methoxy groups -OCH3 is 1. The van der Waals surface area contributed by atoms with Gasteiger partial charge in [-0.15, -0.1) is 0 Å². The lowest BCUT2D eigenvalue weighted by atomic mass is 10.1. The molecule has 0 saturated carbocycles. The zero-order valence-corrected chi connectivity index (χ0v) is 16.7. The van der Waals surface area contributed by atoms with Crippen molar-refractivity contribution in [3.63, 3.8) is 0 Å². The van der Waals surface area contributed by atoms with Crippen LogP contribution in [0.2, 0.25) is 0 Å². The van der Waals surface area contributed by atoms with Gasteiger partial charge < -0.3 is 19.2 Å². The van der Waals surface area contributed by atoms with Gasteiger partial charge >= 0.3 is 0 Å². The Morgan fingerprint density at radius 1 is 1.29 bits per heavy atom. The minimum absolute atomic E-state index is 0.0983. The smallest absolute Gasteiger partial charge is 0.270 e. The summed E-state index contributed by atoms with van der Waals surface area (Å²) in [6.07, 6.45) is 1.72. The van der Waals surface area contributed by atoms with Gasteiger partial charge in [0.1, 0.15) is 0 Å². The molecule has 6 nitrogen and oxygen atoms in total. The molecule has 0 radical (unpaired) electrons. The molecule has 148 valence electrons. The molecule has 28 heavy (non-hydrogen) atoms. The third kappa shape index (κ3) is 4.11. The highest BCUT2D eigenvalue weighted by Gasteiger charge is 2.33. The largest absolute Gasteiger partial charge is 0.493 e. The van der Waals surface area contributed by atoms with E-state index in [1.807, 2.05) is 50.2 Å². The second kappa shape index (κ2) is 8.78. The fourth-order valence-corrected chi connectivity index (χ4v) is 3.36. The molecule has 2 atom stereocenters. The Labute approximate surface area is 165 Å². The minimum atomic E-state index is -0.686.